The normalized spacial score (nSPS) is 25.7. The molecule has 13 heteroatoms. The van der Waals surface area contributed by atoms with Gasteiger partial charge in [-0.05, 0) is 0 Å². The van der Waals surface area contributed by atoms with Crippen molar-refractivity contribution in [1.29, 1.82) is 0 Å². The van der Waals surface area contributed by atoms with Crippen molar-refractivity contribution in [2.45, 2.75) is 35.3 Å². The number of alkyl halides is 3. The van der Waals surface area contributed by atoms with E-state index >= 15 is 0 Å². The van der Waals surface area contributed by atoms with E-state index in [1.165, 1.54) is 4.98 Å². The highest BCUT2D eigenvalue weighted by molar-refractivity contribution is 7.92. The maximum absolute atomic E-state index is 12.6. The molecule has 1 aromatic rings. The largest absolute Gasteiger partial charge is 0.502 e. The van der Waals surface area contributed by atoms with Gasteiger partial charge in [0.1, 0.15) is 12.3 Å². The van der Waals surface area contributed by atoms with E-state index in [9.17, 15) is 36.3 Å². The van der Waals surface area contributed by atoms with E-state index < -0.39 is 56.5 Å². The SMILES string of the molecule is O=c1[nH]c(=O)n([C@H]2C[C@H](O)[C@@H](CO)O2)cc1S(=O)(=O)C(F)(F)F. The molecule has 1 aliphatic heterocycles. The highest BCUT2D eigenvalue weighted by Gasteiger charge is 2.49. The fraction of sp³-hybridized carbons (Fsp3) is 0.600. The third-order valence-corrected chi connectivity index (χ3v) is 4.70. The quantitative estimate of drug-likeness (QED) is 0.594. The van der Waals surface area contributed by atoms with Gasteiger partial charge in [0.2, 0.25) is 0 Å². The van der Waals surface area contributed by atoms with Crippen LogP contribution in [0, 0.1) is 0 Å². The number of halogens is 3. The Morgan fingerprint density at radius 3 is 2.48 bits per heavy atom. The van der Waals surface area contributed by atoms with Crippen LogP contribution in [0.2, 0.25) is 0 Å². The van der Waals surface area contributed by atoms with E-state index in [2.05, 4.69) is 0 Å². The lowest BCUT2D eigenvalue weighted by molar-refractivity contribution is -0.0471. The van der Waals surface area contributed by atoms with Crippen LogP contribution < -0.4 is 11.2 Å². The summed E-state index contributed by atoms with van der Waals surface area (Å²) in [6.45, 7) is -0.622. The number of hydrogen-bond donors (Lipinski definition) is 3. The van der Waals surface area contributed by atoms with Crippen molar-refractivity contribution in [3.63, 3.8) is 0 Å². The maximum Gasteiger partial charge on any atom is 0.502 e. The minimum atomic E-state index is -5.98. The summed E-state index contributed by atoms with van der Waals surface area (Å²) in [4.78, 5) is 22.9. The Hall–Kier alpha value is -1.70. The maximum atomic E-state index is 12.6. The zero-order valence-corrected chi connectivity index (χ0v) is 12.0. The molecule has 1 fully saturated rings. The van der Waals surface area contributed by atoms with E-state index in [1.807, 2.05) is 0 Å². The van der Waals surface area contributed by atoms with Crippen LogP contribution in [0.3, 0.4) is 0 Å². The summed E-state index contributed by atoms with van der Waals surface area (Å²) in [5.41, 5.74) is -8.67. The van der Waals surface area contributed by atoms with Crippen molar-refractivity contribution in [1.82, 2.24) is 9.55 Å². The fourth-order valence-corrected chi connectivity index (χ4v) is 2.84. The first-order valence-electron chi connectivity index (χ1n) is 6.10. The second kappa shape index (κ2) is 5.74. The number of rotatable bonds is 3. The molecule has 0 unspecified atom stereocenters. The summed E-state index contributed by atoms with van der Waals surface area (Å²) in [6, 6.07) is 0. The third-order valence-electron chi connectivity index (χ3n) is 3.22. The highest BCUT2D eigenvalue weighted by atomic mass is 32.2. The minimum absolute atomic E-state index is 0.209. The second-order valence-electron chi connectivity index (χ2n) is 4.72. The van der Waals surface area contributed by atoms with Crippen LogP contribution in [0.15, 0.2) is 20.7 Å². The first-order chi connectivity index (χ1) is 10.5. The van der Waals surface area contributed by atoms with E-state index in [4.69, 9.17) is 9.84 Å². The highest BCUT2D eigenvalue weighted by Crippen LogP contribution is 2.30. The lowest BCUT2D eigenvalue weighted by Crippen LogP contribution is -2.38. The number of sulfone groups is 1. The van der Waals surface area contributed by atoms with Gasteiger partial charge in [-0.25, -0.2) is 13.2 Å². The van der Waals surface area contributed by atoms with Crippen LogP contribution >= 0.6 is 0 Å². The van der Waals surface area contributed by atoms with Gasteiger partial charge in [-0.1, -0.05) is 0 Å². The number of H-pyrrole nitrogens is 1. The van der Waals surface area contributed by atoms with Crippen molar-refractivity contribution in [2.75, 3.05) is 6.61 Å². The molecule has 1 aliphatic rings. The Morgan fingerprint density at radius 1 is 1.39 bits per heavy atom. The van der Waals surface area contributed by atoms with Crippen LogP contribution in [0.25, 0.3) is 0 Å². The number of hydrogen-bond acceptors (Lipinski definition) is 7. The number of nitrogens with zero attached hydrogens (tertiary/aromatic N) is 1. The van der Waals surface area contributed by atoms with Gasteiger partial charge in [0.05, 0.1) is 12.7 Å². The van der Waals surface area contributed by atoms with Crippen molar-refractivity contribution < 1.29 is 36.5 Å². The molecule has 0 saturated carbocycles. The van der Waals surface area contributed by atoms with E-state index in [0.717, 1.165) is 0 Å². The summed E-state index contributed by atoms with van der Waals surface area (Å²) < 4.78 is 65.8. The average Bonchev–Trinajstić information content (AvgIpc) is 2.78. The Kier molecular flexibility index (Phi) is 4.40. The molecular formula is C10H11F3N2O7S. The number of aliphatic hydroxyl groups excluding tert-OH is 2. The molecule has 2 heterocycles. The predicted molar refractivity (Wildman–Crippen MR) is 66.2 cm³/mol. The smallest absolute Gasteiger partial charge is 0.394 e. The molecular weight excluding hydrogens is 349 g/mol. The van der Waals surface area contributed by atoms with Gasteiger partial charge in [-0.15, -0.1) is 0 Å². The van der Waals surface area contributed by atoms with Crippen molar-refractivity contribution in [3.05, 3.63) is 27.0 Å². The monoisotopic (exact) mass is 360 g/mol. The van der Waals surface area contributed by atoms with Crippen LogP contribution in [-0.2, 0) is 14.6 Å². The third kappa shape index (κ3) is 3.04. The van der Waals surface area contributed by atoms with E-state index in [1.54, 1.807) is 0 Å². The Morgan fingerprint density at radius 2 is 2.00 bits per heavy atom. The summed E-state index contributed by atoms with van der Waals surface area (Å²) >= 11 is 0. The van der Waals surface area contributed by atoms with Gasteiger partial charge in [0.15, 0.2) is 4.90 Å². The molecule has 1 aromatic heterocycles. The molecule has 0 amide bonds. The van der Waals surface area contributed by atoms with Crippen LogP contribution in [0.4, 0.5) is 13.2 Å². The first kappa shape index (κ1) is 17.7. The zero-order chi connectivity index (χ0) is 17.6. The molecule has 0 aliphatic carbocycles. The summed E-state index contributed by atoms with van der Waals surface area (Å²) in [7, 11) is -5.98. The molecule has 3 atom stereocenters. The van der Waals surface area contributed by atoms with E-state index in [0.29, 0.717) is 4.57 Å². The van der Waals surface area contributed by atoms with Crippen molar-refractivity contribution >= 4 is 9.84 Å². The molecule has 1 saturated heterocycles. The summed E-state index contributed by atoms with van der Waals surface area (Å²) in [5, 5.41) is 18.5. The average molecular weight is 360 g/mol. The van der Waals surface area contributed by atoms with Gasteiger partial charge in [0.25, 0.3) is 15.4 Å². The lowest BCUT2D eigenvalue weighted by atomic mass is 10.2. The van der Waals surface area contributed by atoms with Gasteiger partial charge in [-0.3, -0.25) is 14.3 Å². The molecule has 0 bridgehead atoms. The first-order valence-corrected chi connectivity index (χ1v) is 7.58. The van der Waals surface area contributed by atoms with Gasteiger partial charge >= 0.3 is 11.2 Å². The summed E-state index contributed by atoms with van der Waals surface area (Å²) in [5.74, 6) is 0. The molecule has 3 N–H and O–H groups in total. The summed E-state index contributed by atoms with van der Waals surface area (Å²) in [6.07, 6.45) is -3.73. The molecule has 0 spiro atoms. The topological polar surface area (TPSA) is 139 Å². The van der Waals surface area contributed by atoms with Crippen molar-refractivity contribution in [3.8, 4) is 0 Å². The standard InChI is InChI=1S/C10H11F3N2O7S/c11-10(12,13)23(20,21)6-2-15(9(19)14-8(6)18)7-1-4(17)5(3-16)22-7/h2,4-5,7,16-17H,1,3H2,(H,14,18,19)/t4-,5+,7+/m0/s1. The van der Waals surface area contributed by atoms with Crippen LogP contribution in [-0.4, -0.2) is 52.5 Å². The van der Waals surface area contributed by atoms with Crippen molar-refractivity contribution in [2.24, 2.45) is 0 Å². The fourth-order valence-electron chi connectivity index (χ4n) is 2.05. The predicted octanol–water partition coefficient (Wildman–Crippen LogP) is -1.53. The molecule has 130 valence electrons. The lowest BCUT2D eigenvalue weighted by Gasteiger charge is -2.15. The van der Waals surface area contributed by atoms with Gasteiger partial charge < -0.3 is 14.9 Å². The Balaban J connectivity index is 2.55. The molecule has 0 aromatic carbocycles. The van der Waals surface area contributed by atoms with Gasteiger partial charge in [-0.2, -0.15) is 13.2 Å². The van der Waals surface area contributed by atoms with Gasteiger partial charge in [0, 0.05) is 12.6 Å². The molecule has 2 rings (SSSR count). The molecule has 23 heavy (non-hydrogen) atoms. The Bertz CT molecular complexity index is 813. The molecule has 0 radical (unpaired) electrons. The number of aromatic nitrogens is 2. The van der Waals surface area contributed by atoms with E-state index in [-0.39, 0.29) is 12.6 Å². The number of aromatic amines is 1. The van der Waals surface area contributed by atoms with Crippen LogP contribution in [0.1, 0.15) is 12.6 Å². The zero-order valence-electron chi connectivity index (χ0n) is 11.1. The second-order valence-corrected chi connectivity index (χ2v) is 6.63. The number of nitrogens with one attached hydrogen (secondary N) is 1. The van der Waals surface area contributed by atoms with Crippen LogP contribution in [0.5, 0.6) is 0 Å². The number of aliphatic hydroxyl groups is 2. The molecule has 9 nitrogen and oxygen atoms in total. The number of ether oxygens (including phenoxy) is 1. The Labute approximate surface area is 125 Å². The minimum Gasteiger partial charge on any atom is -0.394 e.